The van der Waals surface area contributed by atoms with Gasteiger partial charge in [0, 0.05) is 23.6 Å². The van der Waals surface area contributed by atoms with Gasteiger partial charge in [-0.15, -0.1) is 0 Å². The maximum Gasteiger partial charge on any atom is 0.270 e. The fraction of sp³-hybridized carbons (Fsp3) is 0.176. The molecule has 0 bridgehead atoms. The zero-order valence-corrected chi connectivity index (χ0v) is 12.9. The van der Waals surface area contributed by atoms with E-state index < -0.39 is 4.92 Å². The van der Waals surface area contributed by atoms with Crippen molar-refractivity contribution < 1.29 is 4.92 Å². The first-order valence-electron chi connectivity index (χ1n) is 7.27. The van der Waals surface area contributed by atoms with Gasteiger partial charge >= 0.3 is 0 Å². The molecule has 0 radical (unpaired) electrons. The van der Waals surface area contributed by atoms with Crippen molar-refractivity contribution in [3.63, 3.8) is 0 Å². The van der Waals surface area contributed by atoms with E-state index in [1.54, 1.807) is 6.07 Å². The van der Waals surface area contributed by atoms with Crippen LogP contribution in [0.15, 0.2) is 48.8 Å². The van der Waals surface area contributed by atoms with Gasteiger partial charge in [0.25, 0.3) is 5.69 Å². The molecule has 0 aliphatic heterocycles. The van der Waals surface area contributed by atoms with E-state index in [1.807, 2.05) is 13.8 Å². The maximum atomic E-state index is 11.0. The lowest BCUT2D eigenvalue weighted by atomic mass is 10.1. The van der Waals surface area contributed by atoms with Gasteiger partial charge in [-0.05, 0) is 25.5 Å². The van der Waals surface area contributed by atoms with Gasteiger partial charge in [-0.25, -0.2) is 9.97 Å². The molecule has 0 spiro atoms. The number of hydrogen-bond donors (Lipinski definition) is 1. The summed E-state index contributed by atoms with van der Waals surface area (Å²) in [5.74, 6) is 0.590. The topological polar surface area (TPSA) is 81.0 Å². The smallest absolute Gasteiger partial charge is 0.270 e. The Morgan fingerprint density at radius 2 is 1.87 bits per heavy atom. The van der Waals surface area contributed by atoms with E-state index in [0.29, 0.717) is 16.7 Å². The number of aryl methyl sites for hydroxylation is 1. The van der Waals surface area contributed by atoms with E-state index in [2.05, 4.69) is 39.6 Å². The van der Waals surface area contributed by atoms with Crippen LogP contribution < -0.4 is 5.32 Å². The quantitative estimate of drug-likeness (QED) is 0.581. The Bertz CT molecular complexity index is 862. The molecule has 3 rings (SSSR count). The standard InChI is InChI=1S/C17H16N4O2/c1-11-3-5-13(6-4-11)12(2)20-17-15-9-14(21(22)23)7-8-16(15)18-10-19-17/h3-10,12H,1-2H3,(H,18,19,20)/t12-/m0/s1. The van der Waals surface area contributed by atoms with Gasteiger partial charge in [0.05, 0.1) is 10.4 Å². The number of rotatable bonds is 4. The number of anilines is 1. The number of non-ortho nitro benzene ring substituents is 1. The molecule has 1 aromatic heterocycles. The first-order valence-corrected chi connectivity index (χ1v) is 7.27. The molecule has 3 aromatic rings. The molecule has 0 saturated carbocycles. The molecule has 0 amide bonds. The first kappa shape index (κ1) is 14.9. The predicted octanol–water partition coefficient (Wildman–Crippen LogP) is 4.02. The molecule has 0 aliphatic rings. The average molecular weight is 308 g/mol. The lowest BCUT2D eigenvalue weighted by Crippen LogP contribution is -2.08. The second-order valence-corrected chi connectivity index (χ2v) is 5.46. The van der Waals surface area contributed by atoms with Gasteiger partial charge in [0.15, 0.2) is 0 Å². The molecule has 1 atom stereocenters. The van der Waals surface area contributed by atoms with Crippen LogP contribution in [-0.2, 0) is 0 Å². The molecule has 0 unspecified atom stereocenters. The van der Waals surface area contributed by atoms with E-state index in [4.69, 9.17) is 0 Å². The van der Waals surface area contributed by atoms with Gasteiger partial charge < -0.3 is 5.32 Å². The fourth-order valence-electron chi connectivity index (χ4n) is 2.42. The highest BCUT2D eigenvalue weighted by atomic mass is 16.6. The molecule has 6 nitrogen and oxygen atoms in total. The molecular formula is C17H16N4O2. The maximum absolute atomic E-state index is 11.0. The Morgan fingerprint density at radius 3 is 2.57 bits per heavy atom. The van der Waals surface area contributed by atoms with Crippen molar-refractivity contribution in [1.29, 1.82) is 0 Å². The minimum Gasteiger partial charge on any atom is -0.363 e. The largest absolute Gasteiger partial charge is 0.363 e. The lowest BCUT2D eigenvalue weighted by Gasteiger charge is -2.16. The Labute approximate surface area is 133 Å². The Morgan fingerprint density at radius 1 is 1.13 bits per heavy atom. The summed E-state index contributed by atoms with van der Waals surface area (Å²) in [5, 5.41) is 14.9. The van der Waals surface area contributed by atoms with Crippen LogP contribution in [0.4, 0.5) is 11.5 Å². The Balaban J connectivity index is 1.97. The van der Waals surface area contributed by atoms with Crippen molar-refractivity contribution in [1.82, 2.24) is 9.97 Å². The number of aromatic nitrogens is 2. The fourth-order valence-corrected chi connectivity index (χ4v) is 2.42. The molecule has 0 aliphatic carbocycles. The molecule has 1 heterocycles. The van der Waals surface area contributed by atoms with Crippen LogP contribution in [0.1, 0.15) is 24.1 Å². The first-order chi connectivity index (χ1) is 11.0. The van der Waals surface area contributed by atoms with Gasteiger partial charge in [-0.1, -0.05) is 29.8 Å². The number of fused-ring (bicyclic) bond motifs is 1. The average Bonchev–Trinajstić information content (AvgIpc) is 2.55. The number of nitro groups is 1. The van der Waals surface area contributed by atoms with Crippen molar-refractivity contribution in [3.05, 3.63) is 70.0 Å². The lowest BCUT2D eigenvalue weighted by molar-refractivity contribution is -0.384. The highest BCUT2D eigenvalue weighted by Gasteiger charge is 2.13. The second kappa shape index (κ2) is 6.00. The van der Waals surface area contributed by atoms with E-state index in [0.717, 1.165) is 5.56 Å². The minimum atomic E-state index is -0.417. The highest BCUT2D eigenvalue weighted by Crippen LogP contribution is 2.27. The highest BCUT2D eigenvalue weighted by molar-refractivity contribution is 5.90. The predicted molar refractivity (Wildman–Crippen MR) is 89.4 cm³/mol. The Hall–Kier alpha value is -3.02. The van der Waals surface area contributed by atoms with Gasteiger partial charge in [0.1, 0.15) is 12.1 Å². The van der Waals surface area contributed by atoms with E-state index in [-0.39, 0.29) is 11.7 Å². The minimum absolute atomic E-state index is 0.0213. The van der Waals surface area contributed by atoms with Crippen LogP contribution in [-0.4, -0.2) is 14.9 Å². The third-order valence-electron chi connectivity index (χ3n) is 3.76. The summed E-state index contributed by atoms with van der Waals surface area (Å²) in [6, 6.07) is 12.8. The third kappa shape index (κ3) is 3.11. The van der Waals surface area contributed by atoms with E-state index >= 15 is 0 Å². The zero-order valence-electron chi connectivity index (χ0n) is 12.9. The summed E-state index contributed by atoms with van der Waals surface area (Å²) in [6.07, 6.45) is 1.46. The molecule has 0 fully saturated rings. The van der Waals surface area contributed by atoms with Crippen LogP contribution in [0.3, 0.4) is 0 Å². The SMILES string of the molecule is Cc1ccc([C@H](C)Nc2ncnc3ccc([N+](=O)[O-])cc23)cc1. The molecular weight excluding hydrogens is 292 g/mol. The molecule has 116 valence electrons. The normalized spacial score (nSPS) is 12.1. The van der Waals surface area contributed by atoms with Crippen molar-refractivity contribution in [2.75, 3.05) is 5.32 Å². The van der Waals surface area contributed by atoms with Gasteiger partial charge in [-0.2, -0.15) is 0 Å². The van der Waals surface area contributed by atoms with Crippen molar-refractivity contribution in [2.24, 2.45) is 0 Å². The van der Waals surface area contributed by atoms with Crippen LogP contribution in [0, 0.1) is 17.0 Å². The summed E-state index contributed by atoms with van der Waals surface area (Å²) < 4.78 is 0. The van der Waals surface area contributed by atoms with Crippen molar-refractivity contribution >= 4 is 22.4 Å². The molecule has 0 saturated heterocycles. The number of nitrogens with zero attached hydrogens (tertiary/aromatic N) is 3. The summed E-state index contributed by atoms with van der Waals surface area (Å²) >= 11 is 0. The van der Waals surface area contributed by atoms with Crippen LogP contribution in [0.5, 0.6) is 0 Å². The zero-order chi connectivity index (χ0) is 16.4. The molecule has 1 N–H and O–H groups in total. The summed E-state index contributed by atoms with van der Waals surface area (Å²) in [6.45, 7) is 4.06. The van der Waals surface area contributed by atoms with Crippen LogP contribution >= 0.6 is 0 Å². The van der Waals surface area contributed by atoms with Crippen LogP contribution in [0.25, 0.3) is 10.9 Å². The summed E-state index contributed by atoms with van der Waals surface area (Å²) in [7, 11) is 0. The number of benzene rings is 2. The number of nitrogens with one attached hydrogen (secondary N) is 1. The van der Waals surface area contributed by atoms with Gasteiger partial charge in [-0.3, -0.25) is 10.1 Å². The Kier molecular flexibility index (Phi) is 3.89. The molecule has 2 aromatic carbocycles. The molecule has 23 heavy (non-hydrogen) atoms. The van der Waals surface area contributed by atoms with Crippen molar-refractivity contribution in [3.8, 4) is 0 Å². The molecule has 6 heteroatoms. The van der Waals surface area contributed by atoms with E-state index in [1.165, 1.54) is 24.0 Å². The number of nitro benzene ring substituents is 1. The van der Waals surface area contributed by atoms with E-state index in [9.17, 15) is 10.1 Å². The monoisotopic (exact) mass is 308 g/mol. The van der Waals surface area contributed by atoms with Crippen LogP contribution in [0.2, 0.25) is 0 Å². The third-order valence-corrected chi connectivity index (χ3v) is 3.76. The number of hydrogen-bond acceptors (Lipinski definition) is 5. The van der Waals surface area contributed by atoms with Crippen molar-refractivity contribution in [2.45, 2.75) is 19.9 Å². The summed E-state index contributed by atoms with van der Waals surface area (Å²) in [4.78, 5) is 19.0. The van der Waals surface area contributed by atoms with Gasteiger partial charge in [0.2, 0.25) is 0 Å². The summed E-state index contributed by atoms with van der Waals surface area (Å²) in [5.41, 5.74) is 3.01. The second-order valence-electron chi connectivity index (χ2n) is 5.46.